The van der Waals surface area contributed by atoms with E-state index < -0.39 is 0 Å². The number of benzene rings is 1. The summed E-state index contributed by atoms with van der Waals surface area (Å²) < 4.78 is 5.62. The molecule has 0 radical (unpaired) electrons. The van der Waals surface area contributed by atoms with Crippen LogP contribution in [0, 0.1) is 6.92 Å². The first-order valence-corrected chi connectivity index (χ1v) is 6.75. The van der Waals surface area contributed by atoms with Gasteiger partial charge < -0.3 is 15.8 Å². The topological polar surface area (TPSA) is 60.2 Å². The van der Waals surface area contributed by atoms with Crippen LogP contribution in [-0.4, -0.2) is 24.2 Å². The van der Waals surface area contributed by atoms with Crippen molar-refractivity contribution in [2.24, 2.45) is 0 Å². The summed E-state index contributed by atoms with van der Waals surface area (Å²) in [5.41, 5.74) is 7.97. The fourth-order valence-electron chi connectivity index (χ4n) is 2.66. The molecule has 0 aliphatic carbocycles. The van der Waals surface area contributed by atoms with Crippen LogP contribution in [0.5, 0.6) is 0 Å². The van der Waals surface area contributed by atoms with Gasteiger partial charge in [-0.1, -0.05) is 12.1 Å². The molecule has 2 aromatic rings. The number of nitrogens with two attached hydrogens (primary N) is 1. The average molecular weight is 257 g/mol. The fourth-order valence-corrected chi connectivity index (χ4v) is 2.66. The van der Waals surface area contributed by atoms with E-state index in [4.69, 9.17) is 10.5 Å². The lowest BCUT2D eigenvalue weighted by Gasteiger charge is -2.14. The van der Waals surface area contributed by atoms with E-state index in [0.717, 1.165) is 53.8 Å². The number of fused-ring (bicyclic) bond motifs is 1. The van der Waals surface area contributed by atoms with Gasteiger partial charge >= 0.3 is 0 Å². The molecule has 0 saturated carbocycles. The van der Waals surface area contributed by atoms with Crippen LogP contribution >= 0.6 is 0 Å². The molecule has 3 N–H and O–H groups in total. The molecule has 3 rings (SSSR count). The molecule has 1 fully saturated rings. The SMILES string of the molecule is Cc1cnc(NCC2CCCO2)c2cccc(N)c12. The van der Waals surface area contributed by atoms with E-state index in [0.29, 0.717) is 6.10 Å². The van der Waals surface area contributed by atoms with Crippen LogP contribution in [0.15, 0.2) is 24.4 Å². The Labute approximate surface area is 113 Å². The molecular formula is C15H19N3O. The lowest BCUT2D eigenvalue weighted by Crippen LogP contribution is -2.19. The number of aryl methyl sites for hydroxylation is 1. The van der Waals surface area contributed by atoms with E-state index in [1.54, 1.807) is 0 Å². The molecule has 0 bridgehead atoms. The average Bonchev–Trinajstić information content (AvgIpc) is 2.91. The van der Waals surface area contributed by atoms with Crippen LogP contribution in [0.25, 0.3) is 10.8 Å². The molecule has 1 unspecified atom stereocenters. The second-order valence-electron chi connectivity index (χ2n) is 5.08. The van der Waals surface area contributed by atoms with Crippen molar-refractivity contribution in [1.82, 2.24) is 4.98 Å². The number of nitrogens with one attached hydrogen (secondary N) is 1. The first-order chi connectivity index (χ1) is 9.25. The number of anilines is 2. The number of hydrogen-bond acceptors (Lipinski definition) is 4. The summed E-state index contributed by atoms with van der Waals surface area (Å²) in [6.45, 7) is 3.72. The van der Waals surface area contributed by atoms with Crippen molar-refractivity contribution in [3.63, 3.8) is 0 Å². The van der Waals surface area contributed by atoms with E-state index in [1.807, 2.05) is 25.3 Å². The van der Waals surface area contributed by atoms with Crippen LogP contribution in [0.1, 0.15) is 18.4 Å². The molecule has 1 atom stereocenters. The zero-order chi connectivity index (χ0) is 13.2. The van der Waals surface area contributed by atoms with Crippen LogP contribution in [0.3, 0.4) is 0 Å². The molecule has 1 aliphatic rings. The fraction of sp³-hybridized carbons (Fsp3) is 0.400. The van der Waals surface area contributed by atoms with Crippen molar-refractivity contribution >= 4 is 22.3 Å². The Bertz CT molecular complexity index is 583. The van der Waals surface area contributed by atoms with Gasteiger partial charge in [-0.15, -0.1) is 0 Å². The minimum Gasteiger partial charge on any atom is -0.398 e. The number of pyridine rings is 1. The standard InChI is InChI=1S/C15H19N3O/c1-10-8-17-15(18-9-11-4-3-7-19-11)12-5-2-6-13(16)14(10)12/h2,5-6,8,11H,3-4,7,9,16H2,1H3,(H,17,18). The highest BCUT2D eigenvalue weighted by atomic mass is 16.5. The lowest BCUT2D eigenvalue weighted by atomic mass is 10.1. The smallest absolute Gasteiger partial charge is 0.134 e. The molecule has 4 heteroatoms. The highest BCUT2D eigenvalue weighted by Crippen LogP contribution is 2.29. The van der Waals surface area contributed by atoms with Crippen molar-refractivity contribution in [3.05, 3.63) is 30.0 Å². The third kappa shape index (κ3) is 2.36. The van der Waals surface area contributed by atoms with Crippen molar-refractivity contribution in [3.8, 4) is 0 Å². The molecule has 1 aromatic carbocycles. The molecule has 2 heterocycles. The van der Waals surface area contributed by atoms with E-state index in [2.05, 4.69) is 16.4 Å². The maximum atomic E-state index is 6.06. The van der Waals surface area contributed by atoms with Gasteiger partial charge in [-0.3, -0.25) is 0 Å². The van der Waals surface area contributed by atoms with Gasteiger partial charge in [-0.2, -0.15) is 0 Å². The number of aromatic nitrogens is 1. The van der Waals surface area contributed by atoms with Gasteiger partial charge in [0.15, 0.2) is 0 Å². The molecule has 0 amide bonds. The second-order valence-corrected chi connectivity index (χ2v) is 5.08. The summed E-state index contributed by atoms with van der Waals surface area (Å²) in [6, 6.07) is 5.96. The third-order valence-electron chi connectivity index (χ3n) is 3.65. The maximum absolute atomic E-state index is 6.06. The Morgan fingerprint density at radius 3 is 3.16 bits per heavy atom. The summed E-state index contributed by atoms with van der Waals surface area (Å²) in [4.78, 5) is 4.49. The highest BCUT2D eigenvalue weighted by Gasteiger charge is 2.16. The molecule has 1 aromatic heterocycles. The quantitative estimate of drug-likeness (QED) is 0.830. The molecule has 0 spiro atoms. The minimum absolute atomic E-state index is 0.305. The van der Waals surface area contributed by atoms with Gasteiger partial charge in [0.2, 0.25) is 0 Å². The maximum Gasteiger partial charge on any atom is 0.134 e. The zero-order valence-corrected chi connectivity index (χ0v) is 11.1. The number of ether oxygens (including phenoxy) is 1. The molecule has 19 heavy (non-hydrogen) atoms. The van der Waals surface area contributed by atoms with Gasteiger partial charge in [0.1, 0.15) is 5.82 Å². The molecule has 4 nitrogen and oxygen atoms in total. The Morgan fingerprint density at radius 2 is 2.37 bits per heavy atom. The first-order valence-electron chi connectivity index (χ1n) is 6.75. The number of nitrogens with zero attached hydrogens (tertiary/aromatic N) is 1. The van der Waals surface area contributed by atoms with E-state index in [1.165, 1.54) is 0 Å². The van der Waals surface area contributed by atoms with E-state index >= 15 is 0 Å². The van der Waals surface area contributed by atoms with Crippen LogP contribution < -0.4 is 11.1 Å². The summed E-state index contributed by atoms with van der Waals surface area (Å²) >= 11 is 0. The van der Waals surface area contributed by atoms with Gasteiger partial charge in [-0.05, 0) is 31.4 Å². The summed E-state index contributed by atoms with van der Waals surface area (Å²) in [5.74, 6) is 0.892. The molecular weight excluding hydrogens is 238 g/mol. The van der Waals surface area contributed by atoms with Gasteiger partial charge in [0.05, 0.1) is 6.10 Å². The van der Waals surface area contributed by atoms with Gasteiger partial charge in [0, 0.05) is 35.8 Å². The van der Waals surface area contributed by atoms with Crippen LogP contribution in [0.4, 0.5) is 11.5 Å². The van der Waals surface area contributed by atoms with Crippen molar-refractivity contribution in [2.45, 2.75) is 25.9 Å². The monoisotopic (exact) mass is 257 g/mol. The summed E-state index contributed by atoms with van der Waals surface area (Å²) in [7, 11) is 0. The van der Waals surface area contributed by atoms with Crippen LogP contribution in [0.2, 0.25) is 0 Å². The first kappa shape index (κ1) is 12.2. The highest BCUT2D eigenvalue weighted by molar-refractivity contribution is 6.01. The number of nitrogen functional groups attached to an aromatic ring is 1. The summed E-state index contributed by atoms with van der Waals surface area (Å²) in [5, 5.41) is 5.56. The zero-order valence-electron chi connectivity index (χ0n) is 11.1. The molecule has 1 aliphatic heterocycles. The third-order valence-corrected chi connectivity index (χ3v) is 3.65. The predicted octanol–water partition coefficient (Wildman–Crippen LogP) is 2.72. The number of hydrogen-bond donors (Lipinski definition) is 2. The number of rotatable bonds is 3. The van der Waals surface area contributed by atoms with E-state index in [9.17, 15) is 0 Å². The molecule has 100 valence electrons. The minimum atomic E-state index is 0.305. The predicted molar refractivity (Wildman–Crippen MR) is 78.4 cm³/mol. The lowest BCUT2D eigenvalue weighted by molar-refractivity contribution is 0.120. The Hall–Kier alpha value is -1.81. The van der Waals surface area contributed by atoms with Crippen molar-refractivity contribution in [1.29, 1.82) is 0 Å². The van der Waals surface area contributed by atoms with Gasteiger partial charge in [0.25, 0.3) is 0 Å². The molecule has 1 saturated heterocycles. The Kier molecular flexibility index (Phi) is 3.25. The Balaban J connectivity index is 1.90. The largest absolute Gasteiger partial charge is 0.398 e. The van der Waals surface area contributed by atoms with Gasteiger partial charge in [-0.25, -0.2) is 4.98 Å². The Morgan fingerprint density at radius 1 is 1.47 bits per heavy atom. The second kappa shape index (κ2) is 5.05. The van der Waals surface area contributed by atoms with Crippen LogP contribution in [-0.2, 0) is 4.74 Å². The normalized spacial score (nSPS) is 18.9. The van der Waals surface area contributed by atoms with Crippen molar-refractivity contribution < 1.29 is 4.74 Å². The van der Waals surface area contributed by atoms with Crippen molar-refractivity contribution in [2.75, 3.05) is 24.2 Å². The summed E-state index contributed by atoms with van der Waals surface area (Å²) in [6.07, 6.45) is 4.45. The van der Waals surface area contributed by atoms with E-state index in [-0.39, 0.29) is 0 Å².